The molecular weight excluding hydrogens is 186 g/mol. The Balaban J connectivity index is 1.97. The molecule has 3 rings (SSSR count). The molecule has 3 nitrogen and oxygen atoms in total. The molecular formula is C12H11N3. The van der Waals surface area contributed by atoms with Crippen molar-refractivity contribution in [1.82, 2.24) is 15.0 Å². The Morgan fingerprint density at radius 3 is 3.00 bits per heavy atom. The van der Waals surface area contributed by atoms with Crippen molar-refractivity contribution in [3.8, 4) is 0 Å². The van der Waals surface area contributed by atoms with Crippen molar-refractivity contribution in [3.05, 3.63) is 54.2 Å². The van der Waals surface area contributed by atoms with Gasteiger partial charge in [0.25, 0.3) is 0 Å². The molecule has 0 unspecified atom stereocenters. The quantitative estimate of drug-likeness (QED) is 0.651. The zero-order chi connectivity index (χ0) is 10.1. The van der Waals surface area contributed by atoms with Gasteiger partial charge < -0.3 is 9.97 Å². The monoisotopic (exact) mass is 197 g/mol. The van der Waals surface area contributed by atoms with E-state index in [-0.39, 0.29) is 0 Å². The molecule has 1 aromatic carbocycles. The number of H-pyrrole nitrogens is 2. The predicted molar refractivity (Wildman–Crippen MR) is 59.7 cm³/mol. The molecule has 3 heteroatoms. The van der Waals surface area contributed by atoms with Crippen molar-refractivity contribution < 1.29 is 0 Å². The maximum absolute atomic E-state index is 4.01. The number of nitrogens with one attached hydrogen (secondary N) is 2. The van der Waals surface area contributed by atoms with Crippen LogP contribution in [0.25, 0.3) is 10.9 Å². The SMILES string of the molecule is c1ncc(Cc2ccc3[nH]ccc3c2)[nH]1. The Labute approximate surface area is 87.2 Å². The topological polar surface area (TPSA) is 44.5 Å². The molecule has 74 valence electrons. The Hall–Kier alpha value is -2.03. The first-order chi connectivity index (χ1) is 7.42. The van der Waals surface area contributed by atoms with E-state index in [0.717, 1.165) is 12.1 Å². The largest absolute Gasteiger partial charge is 0.361 e. The van der Waals surface area contributed by atoms with Gasteiger partial charge in [-0.25, -0.2) is 4.98 Å². The number of imidazole rings is 1. The van der Waals surface area contributed by atoms with Crippen molar-refractivity contribution >= 4 is 10.9 Å². The van der Waals surface area contributed by atoms with E-state index in [9.17, 15) is 0 Å². The minimum atomic E-state index is 0.904. The Bertz CT molecular complexity index is 563. The molecule has 15 heavy (non-hydrogen) atoms. The van der Waals surface area contributed by atoms with E-state index in [1.54, 1.807) is 6.33 Å². The fourth-order valence-corrected chi connectivity index (χ4v) is 1.81. The smallest absolute Gasteiger partial charge is 0.0921 e. The molecule has 0 amide bonds. The standard InChI is InChI=1S/C12H11N3/c1-2-12-10(3-4-14-12)5-9(1)6-11-7-13-8-15-11/h1-5,7-8,14H,6H2,(H,13,15). The van der Waals surface area contributed by atoms with Crippen molar-refractivity contribution in [1.29, 1.82) is 0 Å². The first-order valence-electron chi connectivity index (χ1n) is 4.95. The lowest BCUT2D eigenvalue weighted by Crippen LogP contribution is -1.87. The second-order valence-electron chi connectivity index (χ2n) is 3.65. The average molecular weight is 197 g/mol. The zero-order valence-corrected chi connectivity index (χ0v) is 8.20. The van der Waals surface area contributed by atoms with E-state index in [2.05, 4.69) is 39.2 Å². The molecule has 2 heterocycles. The van der Waals surface area contributed by atoms with E-state index >= 15 is 0 Å². The fourth-order valence-electron chi connectivity index (χ4n) is 1.81. The van der Waals surface area contributed by atoms with Crippen LogP contribution in [0.5, 0.6) is 0 Å². The third-order valence-electron chi connectivity index (χ3n) is 2.57. The normalized spacial score (nSPS) is 10.9. The van der Waals surface area contributed by atoms with Gasteiger partial charge in [-0.3, -0.25) is 0 Å². The van der Waals surface area contributed by atoms with Crippen LogP contribution in [0, 0.1) is 0 Å². The number of nitrogens with zero attached hydrogens (tertiary/aromatic N) is 1. The van der Waals surface area contributed by atoms with Crippen molar-refractivity contribution in [2.75, 3.05) is 0 Å². The first-order valence-corrected chi connectivity index (χ1v) is 4.95. The van der Waals surface area contributed by atoms with Crippen LogP contribution in [-0.2, 0) is 6.42 Å². The Morgan fingerprint density at radius 1 is 1.13 bits per heavy atom. The van der Waals surface area contributed by atoms with Crippen LogP contribution in [0.4, 0.5) is 0 Å². The number of fused-ring (bicyclic) bond motifs is 1. The number of hydrogen-bond acceptors (Lipinski definition) is 1. The second kappa shape index (κ2) is 3.28. The van der Waals surface area contributed by atoms with Gasteiger partial charge in [-0.1, -0.05) is 6.07 Å². The molecule has 0 spiro atoms. The number of aromatic nitrogens is 3. The molecule has 0 fully saturated rings. The van der Waals surface area contributed by atoms with Crippen LogP contribution in [0.3, 0.4) is 0 Å². The van der Waals surface area contributed by atoms with Gasteiger partial charge in [0.05, 0.1) is 6.33 Å². The summed E-state index contributed by atoms with van der Waals surface area (Å²) >= 11 is 0. The molecule has 0 radical (unpaired) electrons. The third kappa shape index (κ3) is 1.52. The van der Waals surface area contributed by atoms with Gasteiger partial charge in [0.15, 0.2) is 0 Å². The Morgan fingerprint density at radius 2 is 2.13 bits per heavy atom. The highest BCUT2D eigenvalue weighted by molar-refractivity contribution is 5.79. The number of benzene rings is 1. The molecule has 0 atom stereocenters. The highest BCUT2D eigenvalue weighted by Crippen LogP contribution is 2.16. The van der Waals surface area contributed by atoms with Gasteiger partial charge in [0.2, 0.25) is 0 Å². The number of hydrogen-bond donors (Lipinski definition) is 2. The van der Waals surface area contributed by atoms with Crippen LogP contribution in [-0.4, -0.2) is 15.0 Å². The van der Waals surface area contributed by atoms with Crippen LogP contribution in [0.15, 0.2) is 43.0 Å². The van der Waals surface area contributed by atoms with Crippen molar-refractivity contribution in [2.24, 2.45) is 0 Å². The van der Waals surface area contributed by atoms with Gasteiger partial charge in [0.1, 0.15) is 0 Å². The van der Waals surface area contributed by atoms with E-state index in [1.807, 2.05) is 12.4 Å². The highest BCUT2D eigenvalue weighted by atomic mass is 14.9. The molecule has 0 saturated carbocycles. The van der Waals surface area contributed by atoms with Crippen LogP contribution in [0.1, 0.15) is 11.3 Å². The molecule has 0 aliphatic rings. The fraction of sp³-hybridized carbons (Fsp3) is 0.0833. The molecule has 0 aliphatic carbocycles. The summed E-state index contributed by atoms with van der Waals surface area (Å²) in [5, 5.41) is 1.26. The van der Waals surface area contributed by atoms with Gasteiger partial charge in [-0.15, -0.1) is 0 Å². The number of rotatable bonds is 2. The molecule has 0 aliphatic heterocycles. The van der Waals surface area contributed by atoms with E-state index in [0.29, 0.717) is 0 Å². The van der Waals surface area contributed by atoms with Gasteiger partial charge in [0, 0.05) is 30.0 Å². The predicted octanol–water partition coefficient (Wildman–Crippen LogP) is 2.48. The van der Waals surface area contributed by atoms with Gasteiger partial charge >= 0.3 is 0 Å². The van der Waals surface area contributed by atoms with E-state index in [4.69, 9.17) is 0 Å². The summed E-state index contributed by atoms with van der Waals surface area (Å²) < 4.78 is 0. The summed E-state index contributed by atoms with van der Waals surface area (Å²) in [4.78, 5) is 10.3. The minimum absolute atomic E-state index is 0.904. The molecule has 0 saturated heterocycles. The summed E-state index contributed by atoms with van der Waals surface area (Å²) in [5.74, 6) is 0. The summed E-state index contributed by atoms with van der Waals surface area (Å²) in [7, 11) is 0. The summed E-state index contributed by atoms with van der Waals surface area (Å²) in [6.45, 7) is 0. The van der Waals surface area contributed by atoms with Crippen LogP contribution in [0.2, 0.25) is 0 Å². The van der Waals surface area contributed by atoms with Crippen LogP contribution < -0.4 is 0 Å². The lowest BCUT2D eigenvalue weighted by molar-refractivity contribution is 1.11. The van der Waals surface area contributed by atoms with Crippen molar-refractivity contribution in [2.45, 2.75) is 6.42 Å². The maximum atomic E-state index is 4.01. The third-order valence-corrected chi connectivity index (χ3v) is 2.57. The summed E-state index contributed by atoms with van der Waals surface area (Å²) in [5.41, 5.74) is 3.62. The van der Waals surface area contributed by atoms with E-state index in [1.165, 1.54) is 16.5 Å². The first kappa shape index (κ1) is 8.29. The maximum Gasteiger partial charge on any atom is 0.0921 e. The molecule has 2 N–H and O–H groups in total. The molecule has 3 aromatic rings. The molecule has 2 aromatic heterocycles. The van der Waals surface area contributed by atoms with Gasteiger partial charge in [-0.2, -0.15) is 0 Å². The van der Waals surface area contributed by atoms with Crippen LogP contribution >= 0.6 is 0 Å². The Kier molecular flexibility index (Phi) is 1.81. The van der Waals surface area contributed by atoms with Gasteiger partial charge in [-0.05, 0) is 29.1 Å². The lowest BCUT2D eigenvalue weighted by atomic mass is 10.1. The minimum Gasteiger partial charge on any atom is -0.361 e. The van der Waals surface area contributed by atoms with E-state index < -0.39 is 0 Å². The number of aromatic amines is 2. The highest BCUT2D eigenvalue weighted by Gasteiger charge is 1.99. The summed E-state index contributed by atoms with van der Waals surface area (Å²) in [6, 6.07) is 8.54. The second-order valence-corrected chi connectivity index (χ2v) is 3.65. The lowest BCUT2D eigenvalue weighted by Gasteiger charge is -1.99. The van der Waals surface area contributed by atoms with Crippen molar-refractivity contribution in [3.63, 3.8) is 0 Å². The average Bonchev–Trinajstić information content (AvgIpc) is 2.87. The molecule has 0 bridgehead atoms. The summed E-state index contributed by atoms with van der Waals surface area (Å²) in [6.07, 6.45) is 6.44. The zero-order valence-electron chi connectivity index (χ0n) is 8.20.